The van der Waals surface area contributed by atoms with Crippen LogP contribution >= 0.6 is 11.3 Å². The Bertz CT molecular complexity index is 551. The van der Waals surface area contributed by atoms with Gasteiger partial charge in [-0.2, -0.15) is 11.3 Å². The van der Waals surface area contributed by atoms with Crippen LogP contribution in [0.2, 0.25) is 0 Å². The largest absolute Gasteiger partial charge is 0.285 e. The molecular weight excluding hydrogens is 202 g/mol. The van der Waals surface area contributed by atoms with Crippen molar-refractivity contribution in [2.24, 2.45) is 0 Å². The molecule has 0 bridgehead atoms. The third-order valence-electron chi connectivity index (χ3n) is 2.23. The van der Waals surface area contributed by atoms with Crippen molar-refractivity contribution in [2.45, 2.75) is 0 Å². The molecule has 3 rings (SSSR count). The summed E-state index contributed by atoms with van der Waals surface area (Å²) in [7, 11) is 0. The molecule has 0 spiro atoms. The van der Waals surface area contributed by atoms with Crippen molar-refractivity contribution < 1.29 is 0 Å². The van der Waals surface area contributed by atoms with Gasteiger partial charge in [-0.25, -0.2) is 0 Å². The molecule has 0 fully saturated rings. The first-order chi connectivity index (χ1) is 7.43. The zero-order valence-corrected chi connectivity index (χ0v) is 8.79. The topological polar surface area (TPSA) is 12.9 Å². The Hall–Kier alpha value is -1.67. The van der Waals surface area contributed by atoms with E-state index in [0.717, 1.165) is 16.1 Å². The Morgan fingerprint density at radius 1 is 1.00 bits per heavy atom. The van der Waals surface area contributed by atoms with Crippen LogP contribution in [-0.2, 0) is 0 Å². The quantitative estimate of drug-likeness (QED) is 0.557. The van der Waals surface area contributed by atoms with Crippen LogP contribution in [0.3, 0.4) is 0 Å². The fourth-order valence-corrected chi connectivity index (χ4v) is 2.47. The summed E-state index contributed by atoms with van der Waals surface area (Å²) < 4.78 is 1.23. The van der Waals surface area contributed by atoms with Gasteiger partial charge < -0.3 is 0 Å². The van der Waals surface area contributed by atoms with E-state index in [1.807, 2.05) is 42.5 Å². The van der Waals surface area contributed by atoms with Crippen molar-refractivity contribution >= 4 is 21.6 Å². The monoisotopic (exact) mass is 210 g/mol. The molecule has 0 aliphatic carbocycles. The van der Waals surface area contributed by atoms with Gasteiger partial charge in [-0.05, 0) is 12.1 Å². The van der Waals surface area contributed by atoms with Crippen molar-refractivity contribution in [2.75, 3.05) is 0 Å². The Morgan fingerprint density at radius 3 is 2.67 bits per heavy atom. The fourth-order valence-electron chi connectivity index (χ4n) is 1.51. The molecular formula is C13H8NS-. The van der Waals surface area contributed by atoms with Gasteiger partial charge in [0.05, 0.1) is 5.52 Å². The third kappa shape index (κ3) is 1.53. The van der Waals surface area contributed by atoms with Gasteiger partial charge in [0.1, 0.15) is 0 Å². The number of hydrogen-bond donors (Lipinski definition) is 0. The maximum absolute atomic E-state index is 4.57. The predicted molar refractivity (Wildman–Crippen MR) is 63.9 cm³/mol. The van der Waals surface area contributed by atoms with Crippen molar-refractivity contribution in [1.29, 1.82) is 0 Å². The van der Waals surface area contributed by atoms with E-state index in [4.69, 9.17) is 0 Å². The van der Waals surface area contributed by atoms with Crippen LogP contribution in [-0.4, -0.2) is 4.98 Å². The Kier molecular flexibility index (Phi) is 2.00. The number of rotatable bonds is 1. The van der Waals surface area contributed by atoms with Gasteiger partial charge in [0, 0.05) is 9.71 Å². The summed E-state index contributed by atoms with van der Waals surface area (Å²) in [5.74, 6) is 0. The van der Waals surface area contributed by atoms with Crippen molar-refractivity contribution in [1.82, 2.24) is 4.98 Å². The van der Waals surface area contributed by atoms with Gasteiger partial charge in [0.25, 0.3) is 0 Å². The number of fused-ring (bicyclic) bond motifs is 1. The zero-order chi connectivity index (χ0) is 10.1. The molecule has 0 amide bonds. The lowest BCUT2D eigenvalue weighted by atomic mass is 10.2. The lowest BCUT2D eigenvalue weighted by Crippen LogP contribution is -1.73. The summed E-state index contributed by atoms with van der Waals surface area (Å²) in [6, 6.07) is 19.3. The Balaban J connectivity index is 2.21. The first-order valence-electron chi connectivity index (χ1n) is 4.76. The standard InChI is InChI=1S/C13H8NS/c1-2-6-10(7-3-1)13-14-11-8-4-5-9-12(11)15-13/h1-6,8-9H/q-1. The van der Waals surface area contributed by atoms with E-state index in [1.165, 1.54) is 4.70 Å². The SMILES string of the molecule is [c-]1ccccc1-c1nc2ccccc2s1. The van der Waals surface area contributed by atoms with Gasteiger partial charge in [-0.1, -0.05) is 12.1 Å². The van der Waals surface area contributed by atoms with Gasteiger partial charge in [-0.15, -0.1) is 35.9 Å². The molecule has 1 heterocycles. The van der Waals surface area contributed by atoms with Crippen molar-refractivity contribution in [3.05, 3.63) is 54.6 Å². The van der Waals surface area contributed by atoms with Crippen molar-refractivity contribution in [3.8, 4) is 10.6 Å². The summed E-state index contributed by atoms with van der Waals surface area (Å²) >= 11 is 1.71. The second-order valence-corrected chi connectivity index (χ2v) is 4.29. The van der Waals surface area contributed by atoms with E-state index >= 15 is 0 Å². The average molecular weight is 210 g/mol. The third-order valence-corrected chi connectivity index (χ3v) is 3.30. The molecule has 0 unspecified atom stereocenters. The number of benzene rings is 2. The van der Waals surface area contributed by atoms with Crippen LogP contribution < -0.4 is 0 Å². The first kappa shape index (κ1) is 8.62. The highest BCUT2D eigenvalue weighted by Crippen LogP contribution is 2.29. The van der Waals surface area contributed by atoms with E-state index in [9.17, 15) is 0 Å². The lowest BCUT2D eigenvalue weighted by Gasteiger charge is -2.01. The smallest absolute Gasteiger partial charge is 0.0697 e. The molecule has 15 heavy (non-hydrogen) atoms. The molecule has 0 aliphatic heterocycles. The maximum Gasteiger partial charge on any atom is 0.0697 e. The molecule has 2 heteroatoms. The number of para-hydroxylation sites is 1. The van der Waals surface area contributed by atoms with Gasteiger partial charge in [0.2, 0.25) is 0 Å². The summed E-state index contributed by atoms with van der Waals surface area (Å²) in [6.07, 6.45) is 0. The molecule has 0 saturated carbocycles. The van der Waals surface area contributed by atoms with E-state index in [2.05, 4.69) is 17.1 Å². The average Bonchev–Trinajstić information content (AvgIpc) is 2.74. The molecule has 0 N–H and O–H groups in total. The van der Waals surface area contributed by atoms with Crippen LogP contribution in [0, 0.1) is 6.07 Å². The summed E-state index contributed by atoms with van der Waals surface area (Å²) in [5.41, 5.74) is 2.13. The van der Waals surface area contributed by atoms with Crippen LogP contribution in [0.25, 0.3) is 20.8 Å². The molecule has 72 valence electrons. The number of thiazole rings is 1. The van der Waals surface area contributed by atoms with Gasteiger partial charge in [-0.3, -0.25) is 4.98 Å². The number of nitrogens with zero attached hydrogens (tertiary/aromatic N) is 1. The lowest BCUT2D eigenvalue weighted by molar-refractivity contribution is 1.47. The van der Waals surface area contributed by atoms with Crippen LogP contribution in [0.15, 0.2) is 48.5 Å². The molecule has 2 aromatic carbocycles. The predicted octanol–water partition coefficient (Wildman–Crippen LogP) is 3.76. The highest BCUT2D eigenvalue weighted by atomic mass is 32.1. The highest BCUT2D eigenvalue weighted by molar-refractivity contribution is 7.21. The normalized spacial score (nSPS) is 10.7. The van der Waals surface area contributed by atoms with Crippen molar-refractivity contribution in [3.63, 3.8) is 0 Å². The van der Waals surface area contributed by atoms with E-state index in [1.54, 1.807) is 11.3 Å². The molecule has 0 aliphatic rings. The van der Waals surface area contributed by atoms with Crippen LogP contribution in [0.4, 0.5) is 0 Å². The molecule has 0 radical (unpaired) electrons. The minimum atomic E-state index is 1.04. The van der Waals surface area contributed by atoms with Crippen LogP contribution in [0.1, 0.15) is 0 Å². The summed E-state index contributed by atoms with van der Waals surface area (Å²) in [5, 5.41) is 1.04. The fraction of sp³-hybridized carbons (Fsp3) is 0. The molecule has 0 saturated heterocycles. The number of hydrogen-bond acceptors (Lipinski definition) is 2. The van der Waals surface area contributed by atoms with E-state index in [-0.39, 0.29) is 0 Å². The number of aromatic nitrogens is 1. The molecule has 3 aromatic rings. The molecule has 0 atom stereocenters. The molecule has 1 aromatic heterocycles. The highest BCUT2D eigenvalue weighted by Gasteiger charge is 1.98. The van der Waals surface area contributed by atoms with Crippen LogP contribution in [0.5, 0.6) is 0 Å². The summed E-state index contributed by atoms with van der Waals surface area (Å²) in [4.78, 5) is 4.57. The van der Waals surface area contributed by atoms with Gasteiger partial charge in [0.15, 0.2) is 0 Å². The second kappa shape index (κ2) is 3.48. The minimum absolute atomic E-state index is 1.04. The molecule has 1 nitrogen and oxygen atoms in total. The maximum atomic E-state index is 4.57. The Labute approximate surface area is 92.0 Å². The first-order valence-corrected chi connectivity index (χ1v) is 5.58. The second-order valence-electron chi connectivity index (χ2n) is 3.26. The van der Waals surface area contributed by atoms with E-state index < -0.39 is 0 Å². The van der Waals surface area contributed by atoms with Gasteiger partial charge >= 0.3 is 0 Å². The zero-order valence-electron chi connectivity index (χ0n) is 7.97. The minimum Gasteiger partial charge on any atom is -0.285 e. The van der Waals surface area contributed by atoms with E-state index in [0.29, 0.717) is 0 Å². The Morgan fingerprint density at radius 2 is 1.87 bits per heavy atom. The summed E-state index contributed by atoms with van der Waals surface area (Å²) in [6.45, 7) is 0.